The van der Waals surface area contributed by atoms with E-state index in [2.05, 4.69) is 46.2 Å². The lowest BCUT2D eigenvalue weighted by Crippen LogP contribution is -2.42. The van der Waals surface area contributed by atoms with E-state index in [9.17, 15) is 5.11 Å². The van der Waals surface area contributed by atoms with Gasteiger partial charge in [0.15, 0.2) is 0 Å². The summed E-state index contributed by atoms with van der Waals surface area (Å²) in [4.78, 5) is 0. The van der Waals surface area contributed by atoms with Crippen LogP contribution in [-0.2, 0) is 0 Å². The van der Waals surface area contributed by atoms with E-state index >= 15 is 0 Å². The molecule has 0 aromatic carbocycles. The van der Waals surface area contributed by atoms with Crippen LogP contribution < -0.4 is 5.32 Å². The van der Waals surface area contributed by atoms with Crippen LogP contribution in [0.3, 0.4) is 0 Å². The maximum absolute atomic E-state index is 10.1. The van der Waals surface area contributed by atoms with E-state index in [0.717, 1.165) is 18.4 Å². The molecule has 0 fully saturated rings. The van der Waals surface area contributed by atoms with Gasteiger partial charge in [0.05, 0.1) is 0 Å². The fourth-order valence-electron chi connectivity index (χ4n) is 2.36. The Morgan fingerprint density at radius 3 is 2.11 bits per heavy atom. The molecule has 2 nitrogen and oxygen atoms in total. The summed E-state index contributed by atoms with van der Waals surface area (Å²) in [5, 5.41) is 13.4. The van der Waals surface area contributed by atoms with Crippen LogP contribution in [0, 0.1) is 17.8 Å². The van der Waals surface area contributed by atoms with E-state index in [1.54, 1.807) is 0 Å². The molecule has 3 atom stereocenters. The smallest absolute Gasteiger partial charge is 0.105 e. The van der Waals surface area contributed by atoms with Gasteiger partial charge in [0.1, 0.15) is 6.23 Å². The maximum atomic E-state index is 10.1. The van der Waals surface area contributed by atoms with Gasteiger partial charge in [0.2, 0.25) is 0 Å². The third-order valence-electron chi connectivity index (χ3n) is 3.20. The SMILES string of the molecule is C=CC(CC(C)C)CC(O)N[C@@H](C(=C)C)C(C)C. The Morgan fingerprint density at radius 1 is 1.22 bits per heavy atom. The number of hydrogen-bond donors (Lipinski definition) is 2. The zero-order chi connectivity index (χ0) is 14.3. The van der Waals surface area contributed by atoms with Crippen molar-refractivity contribution in [1.82, 2.24) is 5.32 Å². The number of hydrogen-bond acceptors (Lipinski definition) is 2. The maximum Gasteiger partial charge on any atom is 0.105 e. The molecule has 0 heterocycles. The first-order valence-electron chi connectivity index (χ1n) is 7.00. The van der Waals surface area contributed by atoms with Gasteiger partial charge in [-0.25, -0.2) is 0 Å². The molecular formula is C16H31NO. The van der Waals surface area contributed by atoms with E-state index in [-0.39, 0.29) is 6.04 Å². The van der Waals surface area contributed by atoms with Crippen molar-refractivity contribution in [3.05, 3.63) is 24.8 Å². The van der Waals surface area contributed by atoms with Gasteiger partial charge < -0.3 is 5.11 Å². The van der Waals surface area contributed by atoms with Gasteiger partial charge in [-0.1, -0.05) is 45.9 Å². The topological polar surface area (TPSA) is 32.3 Å². The van der Waals surface area contributed by atoms with Crippen molar-refractivity contribution in [1.29, 1.82) is 0 Å². The minimum absolute atomic E-state index is 0.171. The predicted octanol–water partition coefficient (Wildman–Crippen LogP) is 3.73. The third kappa shape index (κ3) is 6.97. The van der Waals surface area contributed by atoms with Crippen molar-refractivity contribution < 1.29 is 5.11 Å². The molecule has 0 radical (unpaired) electrons. The lowest BCUT2D eigenvalue weighted by atomic mass is 9.92. The Kier molecular flexibility index (Phi) is 8.21. The number of aliphatic hydroxyl groups is 1. The van der Waals surface area contributed by atoms with Crippen LogP contribution in [-0.4, -0.2) is 17.4 Å². The zero-order valence-corrected chi connectivity index (χ0v) is 12.7. The van der Waals surface area contributed by atoms with Crippen molar-refractivity contribution in [3.8, 4) is 0 Å². The first kappa shape index (κ1) is 17.4. The zero-order valence-electron chi connectivity index (χ0n) is 12.7. The average Bonchev–Trinajstić information content (AvgIpc) is 2.23. The Bertz CT molecular complexity index is 258. The molecule has 2 heteroatoms. The molecule has 0 aromatic heterocycles. The Labute approximate surface area is 113 Å². The number of rotatable bonds is 9. The Morgan fingerprint density at radius 2 is 1.78 bits per heavy atom. The molecule has 0 spiro atoms. The van der Waals surface area contributed by atoms with E-state index in [1.165, 1.54) is 0 Å². The van der Waals surface area contributed by atoms with Crippen molar-refractivity contribution in [2.75, 3.05) is 0 Å². The van der Waals surface area contributed by atoms with Gasteiger partial charge >= 0.3 is 0 Å². The molecule has 0 saturated carbocycles. The highest BCUT2D eigenvalue weighted by Gasteiger charge is 2.19. The van der Waals surface area contributed by atoms with Crippen LogP contribution in [0.2, 0.25) is 0 Å². The minimum Gasteiger partial charge on any atom is -0.379 e. The molecule has 106 valence electrons. The van der Waals surface area contributed by atoms with Crippen LogP contribution in [0.5, 0.6) is 0 Å². The van der Waals surface area contributed by atoms with E-state index in [1.807, 2.05) is 13.0 Å². The second-order valence-corrected chi connectivity index (χ2v) is 6.11. The third-order valence-corrected chi connectivity index (χ3v) is 3.20. The number of allylic oxidation sites excluding steroid dienone is 1. The largest absolute Gasteiger partial charge is 0.379 e. The van der Waals surface area contributed by atoms with Gasteiger partial charge in [0, 0.05) is 6.04 Å². The lowest BCUT2D eigenvalue weighted by Gasteiger charge is -2.28. The summed E-state index contributed by atoms with van der Waals surface area (Å²) >= 11 is 0. The fourth-order valence-corrected chi connectivity index (χ4v) is 2.36. The molecule has 0 aliphatic carbocycles. The highest BCUT2D eigenvalue weighted by molar-refractivity contribution is 5.03. The molecule has 0 amide bonds. The average molecular weight is 253 g/mol. The van der Waals surface area contributed by atoms with E-state index in [4.69, 9.17) is 0 Å². The second-order valence-electron chi connectivity index (χ2n) is 6.11. The summed E-state index contributed by atoms with van der Waals surface area (Å²) in [7, 11) is 0. The Hall–Kier alpha value is -0.600. The molecule has 2 N–H and O–H groups in total. The van der Waals surface area contributed by atoms with Gasteiger partial charge in [-0.3, -0.25) is 5.32 Å². The van der Waals surface area contributed by atoms with Crippen LogP contribution in [0.4, 0.5) is 0 Å². The molecule has 0 rings (SSSR count). The predicted molar refractivity (Wildman–Crippen MR) is 80.3 cm³/mol. The van der Waals surface area contributed by atoms with Crippen molar-refractivity contribution in [2.45, 2.75) is 59.7 Å². The fraction of sp³-hybridized carbons (Fsp3) is 0.750. The van der Waals surface area contributed by atoms with Gasteiger partial charge in [-0.15, -0.1) is 6.58 Å². The van der Waals surface area contributed by atoms with E-state index in [0.29, 0.717) is 17.8 Å². The molecule has 0 aliphatic rings. The molecule has 2 unspecified atom stereocenters. The van der Waals surface area contributed by atoms with Gasteiger partial charge in [-0.2, -0.15) is 0 Å². The van der Waals surface area contributed by atoms with Crippen LogP contribution in [0.15, 0.2) is 24.8 Å². The molecule has 0 bridgehead atoms. The minimum atomic E-state index is -0.490. The second kappa shape index (κ2) is 8.49. The summed E-state index contributed by atoms with van der Waals surface area (Å²) in [6.07, 6.45) is 3.26. The molecule has 18 heavy (non-hydrogen) atoms. The molecular weight excluding hydrogens is 222 g/mol. The van der Waals surface area contributed by atoms with Crippen molar-refractivity contribution in [3.63, 3.8) is 0 Å². The van der Waals surface area contributed by atoms with Crippen LogP contribution in [0.1, 0.15) is 47.5 Å². The summed E-state index contributed by atoms with van der Waals surface area (Å²) in [5.41, 5.74) is 1.07. The normalized spacial score (nSPS) is 16.7. The highest BCUT2D eigenvalue weighted by Crippen LogP contribution is 2.19. The van der Waals surface area contributed by atoms with Gasteiger partial charge in [0.25, 0.3) is 0 Å². The van der Waals surface area contributed by atoms with E-state index < -0.39 is 6.23 Å². The number of nitrogens with one attached hydrogen (secondary N) is 1. The monoisotopic (exact) mass is 253 g/mol. The first-order chi connectivity index (χ1) is 8.27. The summed E-state index contributed by atoms with van der Waals surface area (Å²) < 4.78 is 0. The van der Waals surface area contributed by atoms with Crippen LogP contribution in [0.25, 0.3) is 0 Å². The quantitative estimate of drug-likeness (QED) is 0.485. The highest BCUT2D eigenvalue weighted by atomic mass is 16.3. The van der Waals surface area contributed by atoms with Gasteiger partial charge in [-0.05, 0) is 37.5 Å². The standard InChI is InChI=1S/C16H31NO/c1-8-14(9-11(2)3)10-15(18)17-16(12(4)5)13(6)7/h8,11,13-18H,1,4,9-10H2,2-3,5-7H3/t14?,15?,16-/m0/s1. The molecule has 0 saturated heterocycles. The Balaban J connectivity index is 4.33. The summed E-state index contributed by atoms with van der Waals surface area (Å²) in [5.74, 6) is 1.43. The van der Waals surface area contributed by atoms with Crippen LogP contribution >= 0.6 is 0 Å². The first-order valence-corrected chi connectivity index (χ1v) is 7.00. The molecule has 0 aliphatic heterocycles. The van der Waals surface area contributed by atoms with Crippen molar-refractivity contribution in [2.24, 2.45) is 17.8 Å². The lowest BCUT2D eigenvalue weighted by molar-refractivity contribution is 0.0959. The summed E-state index contributed by atoms with van der Waals surface area (Å²) in [6.45, 7) is 18.5. The number of aliphatic hydroxyl groups excluding tert-OH is 1. The van der Waals surface area contributed by atoms with Crippen molar-refractivity contribution >= 4 is 0 Å². The summed E-state index contributed by atoms with van der Waals surface area (Å²) in [6, 6.07) is 0.171. The molecule has 0 aromatic rings.